The molecule has 1 aliphatic rings. The van der Waals surface area contributed by atoms with Crippen molar-refractivity contribution in [2.75, 3.05) is 13.2 Å². The number of rotatable bonds is 2. The van der Waals surface area contributed by atoms with Gasteiger partial charge < -0.3 is 13.9 Å². The molecule has 13 heavy (non-hydrogen) atoms. The Bertz CT molecular complexity index is 174. The van der Waals surface area contributed by atoms with Crippen LogP contribution in [0.25, 0.3) is 0 Å². The van der Waals surface area contributed by atoms with E-state index < -0.39 is 8.32 Å². The van der Waals surface area contributed by atoms with Crippen molar-refractivity contribution < 1.29 is 13.9 Å². The third-order valence-corrected chi connectivity index (χ3v) is 2.78. The fourth-order valence-corrected chi connectivity index (χ4v) is 2.22. The van der Waals surface area contributed by atoms with Crippen LogP contribution >= 0.6 is 0 Å². The molecule has 0 aromatic rings. The van der Waals surface area contributed by atoms with E-state index in [1.165, 1.54) is 0 Å². The molecule has 1 atom stereocenters. The second-order valence-corrected chi connectivity index (χ2v) is 9.35. The maximum atomic E-state index is 5.89. The van der Waals surface area contributed by atoms with Crippen molar-refractivity contribution >= 4 is 8.32 Å². The highest BCUT2D eigenvalue weighted by Gasteiger charge is 2.38. The van der Waals surface area contributed by atoms with Crippen LogP contribution in [-0.2, 0) is 13.9 Å². The Labute approximate surface area is 81.5 Å². The molecule has 1 rings (SSSR count). The molecule has 1 heterocycles. The van der Waals surface area contributed by atoms with Gasteiger partial charge in [-0.05, 0) is 33.5 Å². The molecule has 78 valence electrons. The van der Waals surface area contributed by atoms with Crippen LogP contribution in [0.5, 0.6) is 0 Å². The van der Waals surface area contributed by atoms with Gasteiger partial charge in [0.2, 0.25) is 0 Å². The lowest BCUT2D eigenvalue weighted by Gasteiger charge is -2.40. The third kappa shape index (κ3) is 3.38. The average Bonchev–Trinajstić information content (AvgIpc) is 1.91. The Morgan fingerprint density at radius 2 is 1.85 bits per heavy atom. The molecule has 1 aliphatic heterocycles. The molecule has 0 aromatic carbocycles. The monoisotopic (exact) mass is 204 g/mol. The highest BCUT2D eigenvalue weighted by atomic mass is 28.4. The van der Waals surface area contributed by atoms with Gasteiger partial charge in [0.1, 0.15) is 5.60 Å². The van der Waals surface area contributed by atoms with Crippen molar-refractivity contribution in [1.82, 2.24) is 0 Å². The molecule has 0 radical (unpaired) electrons. The van der Waals surface area contributed by atoms with Crippen LogP contribution in [0.4, 0.5) is 0 Å². The molecular weight excluding hydrogens is 184 g/mol. The fourth-order valence-electron chi connectivity index (χ4n) is 1.23. The Morgan fingerprint density at radius 3 is 2.31 bits per heavy atom. The van der Waals surface area contributed by atoms with Gasteiger partial charge >= 0.3 is 0 Å². The maximum Gasteiger partial charge on any atom is 0.187 e. The van der Waals surface area contributed by atoms with Crippen LogP contribution in [-0.4, -0.2) is 33.4 Å². The van der Waals surface area contributed by atoms with Crippen LogP contribution < -0.4 is 0 Å². The second-order valence-electron chi connectivity index (χ2n) is 4.88. The largest absolute Gasteiger partial charge is 0.391 e. The summed E-state index contributed by atoms with van der Waals surface area (Å²) in [5.74, 6) is 0. The summed E-state index contributed by atoms with van der Waals surface area (Å²) in [7, 11) is -1.54. The Morgan fingerprint density at radius 1 is 1.23 bits per heavy atom. The summed E-state index contributed by atoms with van der Waals surface area (Å²) in [5.41, 5.74) is -0.307. The summed E-state index contributed by atoms with van der Waals surface area (Å²) in [6, 6.07) is 0. The molecule has 0 bridgehead atoms. The minimum Gasteiger partial charge on any atom is -0.391 e. The number of hydrogen-bond donors (Lipinski definition) is 0. The Balaban J connectivity index is 2.56. The molecule has 0 N–H and O–H groups in total. The highest BCUT2D eigenvalue weighted by Crippen LogP contribution is 2.25. The SMILES string of the molecule is CC1(C)OCCOC1O[Si](C)(C)C. The standard InChI is InChI=1S/C9H20O3Si/c1-9(2)8(10-6-7-11-9)12-13(3,4)5/h8H,6-7H2,1-5H3. The number of hydrogen-bond acceptors (Lipinski definition) is 3. The highest BCUT2D eigenvalue weighted by molar-refractivity contribution is 6.69. The van der Waals surface area contributed by atoms with Crippen molar-refractivity contribution in [1.29, 1.82) is 0 Å². The van der Waals surface area contributed by atoms with Crippen LogP contribution in [0.3, 0.4) is 0 Å². The molecule has 0 aromatic heterocycles. The predicted octanol–water partition coefficient (Wildman–Crippen LogP) is 1.99. The van der Waals surface area contributed by atoms with E-state index in [9.17, 15) is 0 Å². The zero-order valence-electron chi connectivity index (χ0n) is 9.22. The zero-order chi connectivity index (χ0) is 10.1. The summed E-state index contributed by atoms with van der Waals surface area (Å²) < 4.78 is 17.0. The van der Waals surface area contributed by atoms with Crippen LogP contribution in [0.1, 0.15) is 13.8 Å². The topological polar surface area (TPSA) is 27.7 Å². The van der Waals surface area contributed by atoms with Gasteiger partial charge in [0, 0.05) is 0 Å². The van der Waals surface area contributed by atoms with Gasteiger partial charge in [-0.25, -0.2) is 0 Å². The van der Waals surface area contributed by atoms with E-state index in [0.29, 0.717) is 13.2 Å². The van der Waals surface area contributed by atoms with Crippen LogP contribution in [0, 0.1) is 0 Å². The normalized spacial score (nSPS) is 28.8. The maximum absolute atomic E-state index is 5.89. The van der Waals surface area contributed by atoms with E-state index in [-0.39, 0.29) is 11.9 Å². The molecular formula is C9H20O3Si. The van der Waals surface area contributed by atoms with Crippen LogP contribution in [0.2, 0.25) is 19.6 Å². The van der Waals surface area contributed by atoms with E-state index in [1.54, 1.807) is 0 Å². The summed E-state index contributed by atoms with van der Waals surface area (Å²) in [5, 5.41) is 0. The van der Waals surface area contributed by atoms with Gasteiger partial charge in [0.25, 0.3) is 0 Å². The summed E-state index contributed by atoms with van der Waals surface area (Å²) in [4.78, 5) is 0. The molecule has 0 amide bonds. The minimum absolute atomic E-state index is 0.201. The van der Waals surface area contributed by atoms with Crippen molar-refractivity contribution in [3.8, 4) is 0 Å². The minimum atomic E-state index is -1.54. The lowest BCUT2D eigenvalue weighted by molar-refractivity contribution is -0.256. The van der Waals surface area contributed by atoms with Crippen LogP contribution in [0.15, 0.2) is 0 Å². The molecule has 0 aliphatic carbocycles. The Hall–Kier alpha value is 0.0969. The van der Waals surface area contributed by atoms with E-state index in [0.717, 1.165) is 0 Å². The molecule has 0 saturated carbocycles. The van der Waals surface area contributed by atoms with E-state index >= 15 is 0 Å². The Kier molecular flexibility index (Phi) is 3.17. The summed E-state index contributed by atoms with van der Waals surface area (Å²) in [6.45, 7) is 11.8. The quantitative estimate of drug-likeness (QED) is 0.644. The third-order valence-electron chi connectivity index (χ3n) is 1.85. The summed E-state index contributed by atoms with van der Waals surface area (Å²) >= 11 is 0. The van der Waals surface area contributed by atoms with Gasteiger partial charge in [0.05, 0.1) is 13.2 Å². The summed E-state index contributed by atoms with van der Waals surface area (Å²) in [6.07, 6.45) is -0.201. The van der Waals surface area contributed by atoms with Crippen molar-refractivity contribution in [2.24, 2.45) is 0 Å². The number of ether oxygens (including phenoxy) is 2. The first kappa shape index (κ1) is 11.2. The lowest BCUT2D eigenvalue weighted by atomic mass is 10.1. The fraction of sp³-hybridized carbons (Fsp3) is 1.00. The van der Waals surface area contributed by atoms with Gasteiger partial charge in [-0.3, -0.25) is 0 Å². The van der Waals surface area contributed by atoms with E-state index in [1.807, 2.05) is 13.8 Å². The van der Waals surface area contributed by atoms with E-state index in [2.05, 4.69) is 19.6 Å². The van der Waals surface area contributed by atoms with Gasteiger partial charge in [0.15, 0.2) is 14.6 Å². The molecule has 3 nitrogen and oxygen atoms in total. The van der Waals surface area contributed by atoms with Gasteiger partial charge in [-0.1, -0.05) is 0 Å². The molecule has 1 saturated heterocycles. The van der Waals surface area contributed by atoms with E-state index in [4.69, 9.17) is 13.9 Å². The van der Waals surface area contributed by atoms with Crippen molar-refractivity contribution in [3.05, 3.63) is 0 Å². The first-order valence-electron chi connectivity index (χ1n) is 4.75. The first-order valence-corrected chi connectivity index (χ1v) is 8.15. The second kappa shape index (κ2) is 3.69. The first-order chi connectivity index (χ1) is 5.81. The molecule has 1 fully saturated rings. The lowest BCUT2D eigenvalue weighted by Crippen LogP contribution is -2.51. The van der Waals surface area contributed by atoms with Crippen molar-refractivity contribution in [2.45, 2.75) is 45.4 Å². The predicted molar refractivity (Wildman–Crippen MR) is 54.2 cm³/mol. The smallest absolute Gasteiger partial charge is 0.187 e. The molecule has 1 unspecified atom stereocenters. The average molecular weight is 204 g/mol. The molecule has 4 heteroatoms. The van der Waals surface area contributed by atoms with Crippen molar-refractivity contribution in [3.63, 3.8) is 0 Å². The molecule has 0 spiro atoms. The van der Waals surface area contributed by atoms with Gasteiger partial charge in [-0.15, -0.1) is 0 Å². The van der Waals surface area contributed by atoms with Gasteiger partial charge in [-0.2, -0.15) is 0 Å². The zero-order valence-corrected chi connectivity index (χ0v) is 10.2.